The van der Waals surface area contributed by atoms with Crippen molar-refractivity contribution in [2.24, 2.45) is 0 Å². The average Bonchev–Trinajstić information content (AvgIpc) is 2.60. The van der Waals surface area contributed by atoms with E-state index < -0.39 is 0 Å². The van der Waals surface area contributed by atoms with Gasteiger partial charge >= 0.3 is 0 Å². The van der Waals surface area contributed by atoms with E-state index in [0.29, 0.717) is 5.11 Å². The van der Waals surface area contributed by atoms with Gasteiger partial charge in [-0.3, -0.25) is 0 Å². The van der Waals surface area contributed by atoms with E-state index >= 15 is 0 Å². The summed E-state index contributed by atoms with van der Waals surface area (Å²) in [7, 11) is 1.70. The first-order valence-electron chi connectivity index (χ1n) is 7.89. The summed E-state index contributed by atoms with van der Waals surface area (Å²) in [6.07, 6.45) is 2.06. The normalized spacial score (nSPS) is 19.1. The van der Waals surface area contributed by atoms with E-state index in [9.17, 15) is 0 Å². The molecule has 24 heavy (non-hydrogen) atoms. The van der Waals surface area contributed by atoms with E-state index in [0.717, 1.165) is 24.3 Å². The van der Waals surface area contributed by atoms with Crippen LogP contribution in [-0.2, 0) is 6.42 Å². The maximum atomic E-state index is 5.48. The molecular weight excluding hydrogens is 431 g/mol. The highest BCUT2D eigenvalue weighted by molar-refractivity contribution is 14.1. The summed E-state index contributed by atoms with van der Waals surface area (Å²) in [5, 5.41) is 7.50. The van der Waals surface area contributed by atoms with E-state index in [1.54, 1.807) is 7.11 Å². The highest BCUT2D eigenvalue weighted by Gasteiger charge is 2.31. The molecule has 1 atom stereocenters. The molecule has 0 unspecified atom stereocenters. The fraction of sp³-hybridized carbons (Fsp3) is 0.211. The van der Waals surface area contributed by atoms with Crippen molar-refractivity contribution in [3.05, 3.63) is 68.3 Å². The van der Waals surface area contributed by atoms with Crippen LogP contribution in [0.5, 0.6) is 5.75 Å². The third-order valence-corrected chi connectivity index (χ3v) is 5.51. The third-order valence-electron chi connectivity index (χ3n) is 4.62. The molecule has 0 saturated carbocycles. The summed E-state index contributed by atoms with van der Waals surface area (Å²) in [5.74, 6) is 0.875. The Morgan fingerprint density at radius 2 is 2.04 bits per heavy atom. The molecule has 1 aliphatic carbocycles. The first-order chi connectivity index (χ1) is 11.7. The Bertz CT molecular complexity index is 862. The Morgan fingerprint density at radius 3 is 2.83 bits per heavy atom. The lowest BCUT2D eigenvalue weighted by molar-refractivity contribution is 0.414. The van der Waals surface area contributed by atoms with Gasteiger partial charge in [0.25, 0.3) is 0 Å². The molecule has 1 heterocycles. The van der Waals surface area contributed by atoms with Crippen molar-refractivity contribution in [1.82, 2.24) is 10.6 Å². The minimum absolute atomic E-state index is 0.128. The zero-order valence-corrected chi connectivity index (χ0v) is 16.2. The molecule has 122 valence electrons. The lowest BCUT2D eigenvalue weighted by Gasteiger charge is -2.36. The number of aryl methyl sites for hydroxylation is 1. The maximum Gasteiger partial charge on any atom is 0.171 e. The van der Waals surface area contributed by atoms with Gasteiger partial charge in [0.05, 0.1) is 13.2 Å². The molecule has 0 bridgehead atoms. The van der Waals surface area contributed by atoms with Crippen molar-refractivity contribution >= 4 is 45.6 Å². The predicted molar refractivity (Wildman–Crippen MR) is 109 cm³/mol. The van der Waals surface area contributed by atoms with E-state index in [4.69, 9.17) is 17.0 Å². The van der Waals surface area contributed by atoms with Crippen LogP contribution < -0.4 is 15.4 Å². The molecule has 0 aromatic heterocycles. The van der Waals surface area contributed by atoms with Gasteiger partial charge in [-0.05, 0) is 88.6 Å². The first kappa shape index (κ1) is 15.9. The standard InChI is InChI=1S/C19H17IN2OS/c1-23-14-7-5-11-6-8-15-17(12-3-2-4-13(20)9-12)21-19(24)22-18(15)16(11)10-14/h2-5,7,9-10,17H,6,8H2,1H3,(H2,21,22,24)/t17-/m0/s1. The van der Waals surface area contributed by atoms with Gasteiger partial charge in [0.15, 0.2) is 5.11 Å². The lowest BCUT2D eigenvalue weighted by atomic mass is 9.83. The van der Waals surface area contributed by atoms with Crippen molar-refractivity contribution in [3.8, 4) is 5.75 Å². The van der Waals surface area contributed by atoms with E-state index in [-0.39, 0.29) is 6.04 Å². The molecule has 0 amide bonds. The number of ether oxygens (including phenoxy) is 1. The van der Waals surface area contributed by atoms with E-state index in [2.05, 4.69) is 69.6 Å². The highest BCUT2D eigenvalue weighted by atomic mass is 127. The molecule has 2 aliphatic rings. The van der Waals surface area contributed by atoms with Gasteiger partial charge < -0.3 is 15.4 Å². The quantitative estimate of drug-likeness (QED) is 0.534. The molecule has 2 aromatic rings. The van der Waals surface area contributed by atoms with Crippen molar-refractivity contribution < 1.29 is 4.74 Å². The van der Waals surface area contributed by atoms with Gasteiger partial charge in [-0.2, -0.15) is 0 Å². The largest absolute Gasteiger partial charge is 0.497 e. The molecule has 0 saturated heterocycles. The first-order valence-corrected chi connectivity index (χ1v) is 9.38. The van der Waals surface area contributed by atoms with E-state index in [1.807, 2.05) is 6.07 Å². The number of fused-ring (bicyclic) bond motifs is 2. The number of benzene rings is 2. The van der Waals surface area contributed by atoms with Crippen LogP contribution in [0.25, 0.3) is 5.70 Å². The summed E-state index contributed by atoms with van der Waals surface area (Å²) in [4.78, 5) is 0. The van der Waals surface area contributed by atoms with Crippen LogP contribution in [0.1, 0.15) is 29.2 Å². The van der Waals surface area contributed by atoms with Gasteiger partial charge in [0.1, 0.15) is 5.75 Å². The number of rotatable bonds is 2. The Morgan fingerprint density at radius 1 is 1.17 bits per heavy atom. The van der Waals surface area contributed by atoms with Crippen molar-refractivity contribution in [2.45, 2.75) is 18.9 Å². The Balaban J connectivity index is 1.85. The molecule has 3 nitrogen and oxygen atoms in total. The summed E-state index contributed by atoms with van der Waals surface area (Å²) >= 11 is 7.84. The average molecular weight is 448 g/mol. The lowest BCUT2D eigenvalue weighted by Crippen LogP contribution is -2.44. The predicted octanol–water partition coefficient (Wildman–Crippen LogP) is 4.18. The van der Waals surface area contributed by atoms with Crippen LogP contribution in [0.2, 0.25) is 0 Å². The fourth-order valence-corrected chi connectivity index (χ4v) is 4.26. The maximum absolute atomic E-state index is 5.48. The topological polar surface area (TPSA) is 33.3 Å². The van der Waals surface area contributed by atoms with Crippen LogP contribution in [0.15, 0.2) is 48.0 Å². The van der Waals surface area contributed by atoms with Crippen LogP contribution >= 0.6 is 34.8 Å². The van der Waals surface area contributed by atoms with Gasteiger partial charge in [-0.15, -0.1) is 0 Å². The number of halogens is 1. The molecule has 0 spiro atoms. The van der Waals surface area contributed by atoms with Crippen LogP contribution in [0.4, 0.5) is 0 Å². The zero-order valence-electron chi connectivity index (χ0n) is 13.2. The molecule has 2 aromatic carbocycles. The van der Waals surface area contributed by atoms with Crippen LogP contribution in [-0.4, -0.2) is 12.2 Å². The molecular formula is C19H17IN2OS. The van der Waals surface area contributed by atoms with E-state index in [1.165, 1.54) is 25.8 Å². The molecule has 0 fully saturated rings. The fourth-order valence-electron chi connectivity index (χ4n) is 3.48. The van der Waals surface area contributed by atoms with Gasteiger partial charge in [0.2, 0.25) is 0 Å². The third kappa shape index (κ3) is 2.80. The number of hydrogen-bond donors (Lipinski definition) is 2. The summed E-state index contributed by atoms with van der Waals surface area (Å²) in [6, 6.07) is 15.0. The Kier molecular flexibility index (Phi) is 4.22. The minimum atomic E-state index is 0.128. The number of nitrogens with one attached hydrogen (secondary N) is 2. The number of methoxy groups -OCH3 is 1. The van der Waals surface area contributed by atoms with Gasteiger partial charge in [-0.25, -0.2) is 0 Å². The molecule has 2 N–H and O–H groups in total. The van der Waals surface area contributed by atoms with Crippen LogP contribution in [0, 0.1) is 3.57 Å². The Hall–Kier alpha value is -1.60. The molecule has 5 heteroatoms. The van der Waals surface area contributed by atoms with Gasteiger partial charge in [-0.1, -0.05) is 18.2 Å². The van der Waals surface area contributed by atoms with Crippen LogP contribution in [0.3, 0.4) is 0 Å². The molecule has 1 aliphatic heterocycles. The second-order valence-corrected chi connectivity index (χ2v) is 7.66. The highest BCUT2D eigenvalue weighted by Crippen LogP contribution is 2.40. The van der Waals surface area contributed by atoms with Crippen molar-refractivity contribution in [3.63, 3.8) is 0 Å². The molecule has 4 rings (SSSR count). The summed E-state index contributed by atoms with van der Waals surface area (Å²) in [5.41, 5.74) is 6.31. The SMILES string of the molecule is COc1ccc2c(c1)C1=C(CC2)[C@H](c2cccc(I)c2)NC(=S)N1. The second kappa shape index (κ2) is 6.37. The second-order valence-electron chi connectivity index (χ2n) is 6.01. The minimum Gasteiger partial charge on any atom is -0.497 e. The monoisotopic (exact) mass is 448 g/mol. The smallest absolute Gasteiger partial charge is 0.171 e. The molecule has 0 radical (unpaired) electrons. The van der Waals surface area contributed by atoms with Gasteiger partial charge in [0, 0.05) is 14.8 Å². The number of hydrogen-bond acceptors (Lipinski definition) is 2. The summed E-state index contributed by atoms with van der Waals surface area (Å²) in [6.45, 7) is 0. The Labute approximate surface area is 160 Å². The summed E-state index contributed by atoms with van der Waals surface area (Å²) < 4.78 is 6.65. The number of thiocarbonyl (C=S) groups is 1. The zero-order chi connectivity index (χ0) is 16.7. The van der Waals surface area contributed by atoms with Crippen molar-refractivity contribution in [2.75, 3.05) is 7.11 Å². The van der Waals surface area contributed by atoms with Crippen molar-refractivity contribution in [1.29, 1.82) is 0 Å².